The minimum Gasteiger partial charge on any atom is -0.300 e. The van der Waals surface area contributed by atoms with Gasteiger partial charge in [0, 0.05) is 12.3 Å². The second-order valence-electron chi connectivity index (χ2n) is 5.43. The van der Waals surface area contributed by atoms with Gasteiger partial charge in [0.15, 0.2) is 4.34 Å². The van der Waals surface area contributed by atoms with Gasteiger partial charge in [0.2, 0.25) is 11.0 Å². The Morgan fingerprint density at radius 3 is 2.20 bits per heavy atom. The third kappa shape index (κ3) is 4.90. The second kappa shape index (κ2) is 8.78. The first-order chi connectivity index (χ1) is 12.3. The second-order valence-corrected chi connectivity index (χ2v) is 7.92. The molecule has 6 heteroatoms. The van der Waals surface area contributed by atoms with Gasteiger partial charge in [-0.05, 0) is 16.9 Å². The Kier molecular flexibility index (Phi) is 6.19. The summed E-state index contributed by atoms with van der Waals surface area (Å²) in [4.78, 5) is 12.6. The third-order valence-corrected chi connectivity index (χ3v) is 5.57. The van der Waals surface area contributed by atoms with Gasteiger partial charge in [-0.15, -0.1) is 10.2 Å². The molecule has 0 aliphatic carbocycles. The zero-order valence-corrected chi connectivity index (χ0v) is 15.5. The van der Waals surface area contributed by atoms with E-state index in [4.69, 9.17) is 0 Å². The molecule has 0 aliphatic rings. The zero-order chi connectivity index (χ0) is 17.5. The lowest BCUT2D eigenvalue weighted by Crippen LogP contribution is -2.16. The number of rotatable bonds is 7. The van der Waals surface area contributed by atoms with Crippen molar-refractivity contribution in [1.29, 1.82) is 0 Å². The van der Waals surface area contributed by atoms with Crippen LogP contribution in [0.2, 0.25) is 0 Å². The number of hydrogen-bond acceptors (Lipinski definition) is 5. The molecule has 1 heterocycles. The van der Waals surface area contributed by atoms with Crippen molar-refractivity contribution in [2.24, 2.45) is 0 Å². The molecule has 0 saturated carbocycles. The molecule has 0 unspecified atom stereocenters. The van der Waals surface area contributed by atoms with E-state index in [1.54, 1.807) is 11.8 Å². The van der Waals surface area contributed by atoms with Gasteiger partial charge < -0.3 is 5.32 Å². The maximum absolute atomic E-state index is 12.6. The standard InChI is InChI=1S/C19H19N3OS2/c1-2-24-19-22-21-18(25-19)20-17(23)13-16(14-9-5-3-6-10-14)15-11-7-4-8-12-15/h3-12,16H,2,13H2,1H3,(H,20,21,23). The van der Waals surface area contributed by atoms with E-state index in [9.17, 15) is 4.79 Å². The van der Waals surface area contributed by atoms with Crippen molar-refractivity contribution in [3.8, 4) is 0 Å². The molecule has 0 saturated heterocycles. The Hall–Kier alpha value is -2.18. The number of thioether (sulfide) groups is 1. The molecule has 0 atom stereocenters. The molecule has 2 aromatic carbocycles. The van der Waals surface area contributed by atoms with Crippen molar-refractivity contribution >= 4 is 34.1 Å². The monoisotopic (exact) mass is 369 g/mol. The molecule has 0 fully saturated rings. The molecule has 4 nitrogen and oxygen atoms in total. The SMILES string of the molecule is CCSc1nnc(NC(=O)CC(c2ccccc2)c2ccccc2)s1. The number of aromatic nitrogens is 2. The third-order valence-electron chi connectivity index (χ3n) is 3.71. The average molecular weight is 370 g/mol. The van der Waals surface area contributed by atoms with Gasteiger partial charge in [0.25, 0.3) is 0 Å². The Morgan fingerprint density at radius 1 is 1.04 bits per heavy atom. The van der Waals surface area contributed by atoms with Crippen molar-refractivity contribution in [2.45, 2.75) is 23.6 Å². The number of nitrogens with one attached hydrogen (secondary N) is 1. The van der Waals surface area contributed by atoms with E-state index in [-0.39, 0.29) is 11.8 Å². The summed E-state index contributed by atoms with van der Waals surface area (Å²) in [5.74, 6) is 0.897. The highest BCUT2D eigenvalue weighted by Gasteiger charge is 2.19. The molecule has 3 rings (SSSR count). The highest BCUT2D eigenvalue weighted by Crippen LogP contribution is 2.29. The van der Waals surface area contributed by atoms with Gasteiger partial charge in [-0.3, -0.25) is 4.79 Å². The van der Waals surface area contributed by atoms with Crippen LogP contribution in [-0.4, -0.2) is 21.9 Å². The summed E-state index contributed by atoms with van der Waals surface area (Å²) in [6.45, 7) is 2.06. The fourth-order valence-electron chi connectivity index (χ4n) is 2.60. The maximum Gasteiger partial charge on any atom is 0.227 e. The molecule has 0 radical (unpaired) electrons. The van der Waals surface area contributed by atoms with Crippen LogP contribution in [0, 0.1) is 0 Å². The Bertz CT molecular complexity index is 766. The molecule has 25 heavy (non-hydrogen) atoms. The summed E-state index contributed by atoms with van der Waals surface area (Å²) in [5, 5.41) is 11.6. The van der Waals surface area contributed by atoms with Crippen LogP contribution in [-0.2, 0) is 4.79 Å². The first-order valence-corrected chi connectivity index (χ1v) is 9.92. The molecule has 3 aromatic rings. The summed E-state index contributed by atoms with van der Waals surface area (Å²) in [6.07, 6.45) is 0.365. The molecule has 1 amide bonds. The van der Waals surface area contributed by atoms with Crippen molar-refractivity contribution in [3.63, 3.8) is 0 Å². The van der Waals surface area contributed by atoms with Crippen LogP contribution >= 0.6 is 23.1 Å². The van der Waals surface area contributed by atoms with E-state index >= 15 is 0 Å². The largest absolute Gasteiger partial charge is 0.300 e. The van der Waals surface area contributed by atoms with Gasteiger partial charge in [0.05, 0.1) is 0 Å². The van der Waals surface area contributed by atoms with Crippen molar-refractivity contribution in [1.82, 2.24) is 10.2 Å². The predicted octanol–water partition coefficient (Wildman–Crippen LogP) is 4.81. The number of carbonyl (C=O) groups excluding carboxylic acids is 1. The van der Waals surface area contributed by atoms with E-state index in [0.717, 1.165) is 21.2 Å². The van der Waals surface area contributed by atoms with E-state index in [0.29, 0.717) is 11.6 Å². The zero-order valence-electron chi connectivity index (χ0n) is 13.9. The number of benzene rings is 2. The predicted molar refractivity (Wildman–Crippen MR) is 104 cm³/mol. The maximum atomic E-state index is 12.6. The Balaban J connectivity index is 1.74. The highest BCUT2D eigenvalue weighted by molar-refractivity contribution is 8.01. The smallest absolute Gasteiger partial charge is 0.227 e. The van der Waals surface area contributed by atoms with Crippen LogP contribution in [0.4, 0.5) is 5.13 Å². The number of hydrogen-bond donors (Lipinski definition) is 1. The number of carbonyl (C=O) groups is 1. The van der Waals surface area contributed by atoms with Crippen molar-refractivity contribution < 1.29 is 4.79 Å². The number of amides is 1. The van der Waals surface area contributed by atoms with Crippen molar-refractivity contribution in [2.75, 3.05) is 11.1 Å². The Morgan fingerprint density at radius 2 is 1.64 bits per heavy atom. The van der Waals surface area contributed by atoms with Crippen LogP contribution in [0.15, 0.2) is 65.0 Å². The quantitative estimate of drug-likeness (QED) is 0.480. The summed E-state index contributed by atoms with van der Waals surface area (Å²) in [7, 11) is 0. The lowest BCUT2D eigenvalue weighted by Gasteiger charge is -2.17. The van der Waals surface area contributed by atoms with Gasteiger partial charge in [0.1, 0.15) is 0 Å². The fraction of sp³-hybridized carbons (Fsp3) is 0.211. The van der Waals surface area contributed by atoms with Crippen LogP contribution in [0.25, 0.3) is 0 Å². The van der Waals surface area contributed by atoms with E-state index in [1.165, 1.54) is 11.3 Å². The molecule has 0 aliphatic heterocycles. The topological polar surface area (TPSA) is 54.9 Å². The van der Waals surface area contributed by atoms with Crippen LogP contribution in [0.5, 0.6) is 0 Å². The molecule has 128 valence electrons. The van der Waals surface area contributed by atoms with Gasteiger partial charge in [-0.25, -0.2) is 0 Å². The molecular weight excluding hydrogens is 350 g/mol. The normalized spacial score (nSPS) is 10.8. The first-order valence-electron chi connectivity index (χ1n) is 8.12. The summed E-state index contributed by atoms with van der Waals surface area (Å²) < 4.78 is 0.875. The molecule has 1 N–H and O–H groups in total. The summed E-state index contributed by atoms with van der Waals surface area (Å²) in [5.41, 5.74) is 2.26. The molecule has 0 spiro atoms. The minimum absolute atomic E-state index is 0.0137. The highest BCUT2D eigenvalue weighted by atomic mass is 32.2. The van der Waals surface area contributed by atoms with E-state index < -0.39 is 0 Å². The summed E-state index contributed by atoms with van der Waals surface area (Å²) in [6, 6.07) is 20.2. The number of anilines is 1. The first kappa shape index (κ1) is 17.6. The van der Waals surface area contributed by atoms with Gasteiger partial charge >= 0.3 is 0 Å². The lowest BCUT2D eigenvalue weighted by atomic mass is 9.88. The average Bonchev–Trinajstić information content (AvgIpc) is 3.08. The van der Waals surface area contributed by atoms with Gasteiger partial charge in [-0.2, -0.15) is 0 Å². The lowest BCUT2D eigenvalue weighted by molar-refractivity contribution is -0.116. The summed E-state index contributed by atoms with van der Waals surface area (Å²) >= 11 is 3.04. The molecule has 0 bridgehead atoms. The number of nitrogens with zero attached hydrogens (tertiary/aromatic N) is 2. The fourth-order valence-corrected chi connectivity index (χ4v) is 4.26. The van der Waals surface area contributed by atoms with E-state index in [1.807, 2.05) is 36.4 Å². The molecule has 1 aromatic heterocycles. The minimum atomic E-state index is -0.0538. The van der Waals surface area contributed by atoms with Gasteiger partial charge in [-0.1, -0.05) is 90.7 Å². The van der Waals surface area contributed by atoms with Crippen LogP contribution in [0.1, 0.15) is 30.4 Å². The Labute approximate surface area is 155 Å². The molecular formula is C19H19N3OS2. The van der Waals surface area contributed by atoms with E-state index in [2.05, 4.69) is 46.7 Å². The van der Waals surface area contributed by atoms with Crippen molar-refractivity contribution in [3.05, 3.63) is 71.8 Å². The van der Waals surface area contributed by atoms with Crippen LogP contribution in [0.3, 0.4) is 0 Å². The van der Waals surface area contributed by atoms with Crippen LogP contribution < -0.4 is 5.32 Å².